The minimum atomic E-state index is -0.312. The highest BCUT2D eigenvalue weighted by Crippen LogP contribution is 2.34. The van der Waals surface area contributed by atoms with Gasteiger partial charge < -0.3 is 14.6 Å². The Labute approximate surface area is 154 Å². The molecule has 1 aromatic carbocycles. The van der Waals surface area contributed by atoms with Gasteiger partial charge >= 0.3 is 6.09 Å². The molecule has 26 heavy (non-hydrogen) atoms. The Hall–Kier alpha value is -2.34. The van der Waals surface area contributed by atoms with Crippen LogP contribution in [0.1, 0.15) is 37.1 Å². The maximum Gasteiger partial charge on any atom is 0.410 e. The van der Waals surface area contributed by atoms with E-state index in [1.165, 1.54) is 5.56 Å². The first-order valence-electron chi connectivity index (χ1n) is 9.37. The predicted octanol–water partition coefficient (Wildman–Crippen LogP) is 3.00. The number of carbonyl (C=O) groups is 1. The van der Waals surface area contributed by atoms with Gasteiger partial charge in [0.2, 0.25) is 0 Å². The highest BCUT2D eigenvalue weighted by atomic mass is 16.6. The number of hydrogen-bond donors (Lipinski definition) is 1. The molecule has 0 saturated carbocycles. The minimum absolute atomic E-state index is 0.160. The van der Waals surface area contributed by atoms with Crippen LogP contribution >= 0.6 is 0 Å². The molecule has 2 saturated heterocycles. The molecule has 2 aromatic rings. The number of likely N-dealkylation sites (tertiary alicyclic amines) is 1. The van der Waals surface area contributed by atoms with Crippen LogP contribution in [-0.2, 0) is 11.3 Å². The van der Waals surface area contributed by atoms with Crippen molar-refractivity contribution in [1.82, 2.24) is 19.8 Å². The van der Waals surface area contributed by atoms with Crippen LogP contribution in [0.5, 0.6) is 0 Å². The molecule has 2 aliphatic heterocycles. The normalized spacial score (nSPS) is 21.1. The molecule has 1 atom stereocenters. The summed E-state index contributed by atoms with van der Waals surface area (Å²) in [7, 11) is 0. The molecule has 2 aliphatic rings. The minimum Gasteiger partial charge on any atom is -0.441 e. The summed E-state index contributed by atoms with van der Waals surface area (Å²) in [5.74, 6) is 1.29. The Morgan fingerprint density at radius 2 is 2.04 bits per heavy atom. The number of rotatable bonds is 5. The van der Waals surface area contributed by atoms with Crippen LogP contribution in [0.25, 0.3) is 0 Å². The zero-order valence-electron chi connectivity index (χ0n) is 15.2. The van der Waals surface area contributed by atoms with E-state index >= 15 is 0 Å². The maximum absolute atomic E-state index is 12.4. The van der Waals surface area contributed by atoms with E-state index in [1.54, 1.807) is 6.20 Å². The monoisotopic (exact) mass is 354 g/mol. The predicted molar refractivity (Wildman–Crippen MR) is 98.7 cm³/mol. The second-order valence-corrected chi connectivity index (χ2v) is 7.56. The van der Waals surface area contributed by atoms with Crippen molar-refractivity contribution in [2.45, 2.75) is 37.8 Å². The average Bonchev–Trinajstić information content (AvgIpc) is 3.26. The molecule has 0 unspecified atom stereocenters. The first-order valence-corrected chi connectivity index (χ1v) is 9.37. The molecule has 4 rings (SSSR count). The summed E-state index contributed by atoms with van der Waals surface area (Å²) in [6.07, 6.45) is 5.24. The number of hydrogen-bond acceptors (Lipinski definition) is 4. The van der Waals surface area contributed by atoms with Crippen molar-refractivity contribution >= 4 is 6.09 Å². The Morgan fingerprint density at radius 1 is 1.27 bits per heavy atom. The fraction of sp³-hybridized carbons (Fsp3) is 0.500. The summed E-state index contributed by atoms with van der Waals surface area (Å²) >= 11 is 0. The number of imidazole rings is 1. The van der Waals surface area contributed by atoms with Crippen molar-refractivity contribution in [3.8, 4) is 0 Å². The molecule has 1 amide bonds. The number of nitrogens with zero attached hydrogens (tertiary/aromatic N) is 3. The lowest BCUT2D eigenvalue weighted by molar-refractivity contribution is -0.00175. The fourth-order valence-electron chi connectivity index (χ4n) is 4.03. The average molecular weight is 354 g/mol. The van der Waals surface area contributed by atoms with Gasteiger partial charge in [0.25, 0.3) is 0 Å². The summed E-state index contributed by atoms with van der Waals surface area (Å²) in [6, 6.07) is 10.4. The molecule has 0 aliphatic carbocycles. The summed E-state index contributed by atoms with van der Waals surface area (Å²) in [5, 5.41) is 0. The van der Waals surface area contributed by atoms with E-state index in [2.05, 4.69) is 33.9 Å². The Bertz CT molecular complexity index is 724. The van der Waals surface area contributed by atoms with Gasteiger partial charge in [0, 0.05) is 44.9 Å². The number of nitrogens with one attached hydrogen (secondary N) is 1. The molecule has 1 N–H and O–H groups in total. The van der Waals surface area contributed by atoms with Crippen molar-refractivity contribution in [3.63, 3.8) is 0 Å². The van der Waals surface area contributed by atoms with E-state index in [9.17, 15) is 4.79 Å². The third-order valence-corrected chi connectivity index (χ3v) is 5.60. The summed E-state index contributed by atoms with van der Waals surface area (Å²) in [4.78, 5) is 24.1. The molecule has 0 bridgehead atoms. The molecule has 3 heterocycles. The van der Waals surface area contributed by atoms with E-state index in [1.807, 2.05) is 29.3 Å². The number of piperidine rings is 1. The van der Waals surface area contributed by atoms with Gasteiger partial charge in [0.15, 0.2) is 0 Å². The fourth-order valence-corrected chi connectivity index (χ4v) is 4.03. The molecule has 138 valence electrons. The van der Waals surface area contributed by atoms with Crippen LogP contribution in [-0.4, -0.2) is 57.6 Å². The van der Waals surface area contributed by atoms with Crippen molar-refractivity contribution in [2.24, 2.45) is 0 Å². The highest BCUT2D eigenvalue weighted by molar-refractivity contribution is 5.70. The van der Waals surface area contributed by atoms with Crippen molar-refractivity contribution in [3.05, 3.63) is 54.1 Å². The molecule has 6 nitrogen and oxygen atoms in total. The summed E-state index contributed by atoms with van der Waals surface area (Å²) in [5.41, 5.74) is 0.946. The van der Waals surface area contributed by atoms with Gasteiger partial charge in [-0.25, -0.2) is 9.78 Å². The van der Waals surface area contributed by atoms with E-state index < -0.39 is 0 Å². The standard InChI is InChI=1S/C20H26N4O2/c1-16(17-5-3-2-4-6-17)13-24-15-20(26-19(24)25)7-11-23(12-8-20)14-18-21-9-10-22-18/h2-6,9-10,16H,7-8,11-15H2,1H3,(H,21,22)/t16-/m0/s1. The molecule has 1 aromatic heterocycles. The largest absolute Gasteiger partial charge is 0.441 e. The van der Waals surface area contributed by atoms with Crippen LogP contribution in [0.4, 0.5) is 4.79 Å². The van der Waals surface area contributed by atoms with Crippen LogP contribution in [0.2, 0.25) is 0 Å². The van der Waals surface area contributed by atoms with Crippen molar-refractivity contribution in [1.29, 1.82) is 0 Å². The number of carbonyl (C=O) groups excluding carboxylic acids is 1. The Kier molecular flexibility index (Phi) is 4.68. The van der Waals surface area contributed by atoms with Gasteiger partial charge in [-0.3, -0.25) is 4.90 Å². The van der Waals surface area contributed by atoms with E-state index in [0.717, 1.165) is 38.3 Å². The summed E-state index contributed by atoms with van der Waals surface area (Å²) < 4.78 is 5.86. The number of H-pyrrole nitrogens is 1. The van der Waals surface area contributed by atoms with Crippen LogP contribution in [0.3, 0.4) is 0 Å². The third-order valence-electron chi connectivity index (χ3n) is 5.60. The highest BCUT2D eigenvalue weighted by Gasteiger charge is 2.47. The van der Waals surface area contributed by atoms with Crippen LogP contribution in [0.15, 0.2) is 42.7 Å². The second-order valence-electron chi connectivity index (χ2n) is 7.56. The lowest BCUT2D eigenvalue weighted by atomic mass is 9.91. The van der Waals surface area contributed by atoms with Gasteiger partial charge in [-0.05, 0) is 11.5 Å². The SMILES string of the molecule is C[C@@H](CN1CC2(CCN(Cc3ncc[nH]3)CC2)OC1=O)c1ccccc1. The van der Waals surface area contributed by atoms with Crippen molar-refractivity contribution in [2.75, 3.05) is 26.2 Å². The zero-order chi connectivity index (χ0) is 18.0. The number of aromatic amines is 1. The lowest BCUT2D eigenvalue weighted by Gasteiger charge is -2.37. The smallest absolute Gasteiger partial charge is 0.410 e. The van der Waals surface area contributed by atoms with E-state index in [0.29, 0.717) is 19.0 Å². The first-order chi connectivity index (χ1) is 12.6. The molecule has 1 spiro atoms. The van der Waals surface area contributed by atoms with Gasteiger partial charge in [-0.2, -0.15) is 0 Å². The Morgan fingerprint density at radius 3 is 2.73 bits per heavy atom. The third kappa shape index (κ3) is 3.60. The van der Waals surface area contributed by atoms with Gasteiger partial charge in [0.1, 0.15) is 11.4 Å². The molecular formula is C20H26N4O2. The summed E-state index contributed by atoms with van der Waals surface area (Å²) in [6.45, 7) is 6.26. The second kappa shape index (κ2) is 7.11. The van der Waals surface area contributed by atoms with Gasteiger partial charge in [0.05, 0.1) is 13.1 Å². The van der Waals surface area contributed by atoms with E-state index in [-0.39, 0.29) is 11.7 Å². The quantitative estimate of drug-likeness (QED) is 0.897. The molecular weight excluding hydrogens is 328 g/mol. The van der Waals surface area contributed by atoms with Crippen LogP contribution < -0.4 is 0 Å². The molecule has 0 radical (unpaired) electrons. The maximum atomic E-state index is 12.4. The Balaban J connectivity index is 1.33. The number of benzene rings is 1. The number of aromatic nitrogens is 2. The lowest BCUT2D eigenvalue weighted by Crippen LogP contribution is -2.46. The number of amides is 1. The van der Waals surface area contributed by atoms with Gasteiger partial charge in [-0.15, -0.1) is 0 Å². The molecule has 2 fully saturated rings. The molecule has 6 heteroatoms. The first kappa shape index (κ1) is 17.1. The topological polar surface area (TPSA) is 61.5 Å². The zero-order valence-corrected chi connectivity index (χ0v) is 15.2. The number of ether oxygens (including phenoxy) is 1. The van der Waals surface area contributed by atoms with E-state index in [4.69, 9.17) is 4.74 Å². The van der Waals surface area contributed by atoms with Crippen molar-refractivity contribution < 1.29 is 9.53 Å². The van der Waals surface area contributed by atoms with Gasteiger partial charge in [-0.1, -0.05) is 37.3 Å². The van der Waals surface area contributed by atoms with Crippen LogP contribution in [0, 0.1) is 0 Å².